The van der Waals surface area contributed by atoms with Gasteiger partial charge in [-0.25, -0.2) is 0 Å². The maximum Gasteiger partial charge on any atom is 0.227 e. The van der Waals surface area contributed by atoms with Crippen molar-refractivity contribution in [3.63, 3.8) is 0 Å². The lowest BCUT2D eigenvalue weighted by molar-refractivity contribution is -0.117. The Balaban J connectivity index is 2.31. The lowest BCUT2D eigenvalue weighted by atomic mass is 10.1. The second-order valence-corrected chi connectivity index (χ2v) is 2.67. The lowest BCUT2D eigenvalue weighted by Gasteiger charge is -1.98. The van der Waals surface area contributed by atoms with E-state index >= 15 is 0 Å². The molecule has 1 N–H and O–H groups in total. The van der Waals surface area contributed by atoms with E-state index in [-0.39, 0.29) is 5.91 Å². The van der Waals surface area contributed by atoms with Gasteiger partial charge >= 0.3 is 0 Å². The maximum atomic E-state index is 10.8. The van der Waals surface area contributed by atoms with E-state index in [1.54, 1.807) is 0 Å². The molecule has 0 spiro atoms. The minimum atomic E-state index is 0.0921. The van der Waals surface area contributed by atoms with Gasteiger partial charge in [0.2, 0.25) is 5.91 Å². The Kier molecular flexibility index (Phi) is 2.51. The summed E-state index contributed by atoms with van der Waals surface area (Å²) >= 11 is 3.27. The van der Waals surface area contributed by atoms with Gasteiger partial charge in [-0.05, 0) is 12.8 Å². The van der Waals surface area contributed by atoms with Crippen molar-refractivity contribution in [2.45, 2.75) is 6.42 Å². The van der Waals surface area contributed by atoms with Gasteiger partial charge in [0.1, 0.15) is 0 Å². The molecule has 50 valence electrons. The molecule has 2 nitrogen and oxygen atoms in total. The van der Waals surface area contributed by atoms with Crippen molar-refractivity contribution in [1.82, 2.24) is 5.32 Å². The first-order valence-electron chi connectivity index (χ1n) is 2.88. The van der Waals surface area contributed by atoms with Crippen LogP contribution in [-0.2, 0) is 4.79 Å². The van der Waals surface area contributed by atoms with Gasteiger partial charge in [0.15, 0.2) is 0 Å². The minimum Gasteiger partial charge on any atom is -0.355 e. The number of carbonyl (C=O) groups excluding carboxylic acids is 1. The average Bonchev–Trinajstić information content (AvgIpc) is 2.18. The number of alkyl halides is 1. The zero-order valence-corrected chi connectivity index (χ0v) is 6.57. The predicted molar refractivity (Wildman–Crippen MR) is 39.0 cm³/mol. The van der Waals surface area contributed by atoms with Crippen LogP contribution in [-0.4, -0.2) is 17.8 Å². The molecular formula is C6H8BrNO. The molecule has 1 rings (SSSR count). The van der Waals surface area contributed by atoms with Gasteiger partial charge < -0.3 is 5.32 Å². The smallest absolute Gasteiger partial charge is 0.227 e. The van der Waals surface area contributed by atoms with Crippen LogP contribution in [0.4, 0.5) is 0 Å². The van der Waals surface area contributed by atoms with Gasteiger partial charge in [-0.2, -0.15) is 0 Å². The summed E-state index contributed by atoms with van der Waals surface area (Å²) in [6.45, 7) is 0.709. The van der Waals surface area contributed by atoms with E-state index in [0.717, 1.165) is 17.7 Å². The molecule has 1 amide bonds. The van der Waals surface area contributed by atoms with E-state index in [2.05, 4.69) is 21.2 Å². The fourth-order valence-electron chi connectivity index (χ4n) is 0.791. The summed E-state index contributed by atoms with van der Waals surface area (Å²) in [6.07, 6.45) is 2.77. The van der Waals surface area contributed by atoms with Gasteiger partial charge in [0.05, 0.1) is 5.92 Å². The highest BCUT2D eigenvalue weighted by molar-refractivity contribution is 9.09. The number of hydrogen-bond acceptors (Lipinski definition) is 1. The predicted octanol–water partition coefficient (Wildman–Crippen LogP) is 0.680. The summed E-state index contributed by atoms with van der Waals surface area (Å²) < 4.78 is 0. The van der Waals surface area contributed by atoms with Crippen molar-refractivity contribution in [2.75, 3.05) is 11.9 Å². The van der Waals surface area contributed by atoms with Crippen LogP contribution < -0.4 is 5.32 Å². The molecular weight excluding hydrogens is 182 g/mol. The highest BCUT2D eigenvalue weighted by Gasteiger charge is 2.23. The molecule has 0 aromatic carbocycles. The van der Waals surface area contributed by atoms with Crippen molar-refractivity contribution < 1.29 is 4.79 Å². The van der Waals surface area contributed by atoms with Crippen molar-refractivity contribution in [3.05, 3.63) is 12.3 Å². The Bertz CT molecular complexity index is 116. The monoisotopic (exact) mass is 189 g/mol. The first-order chi connectivity index (χ1) is 4.34. The maximum absolute atomic E-state index is 10.8. The molecule has 1 heterocycles. The third kappa shape index (κ3) is 1.68. The quantitative estimate of drug-likeness (QED) is 0.637. The Morgan fingerprint density at radius 2 is 2.56 bits per heavy atom. The zero-order valence-electron chi connectivity index (χ0n) is 4.98. The highest BCUT2D eigenvalue weighted by Crippen LogP contribution is 2.15. The molecule has 0 aromatic rings. The fraction of sp³-hybridized carbons (Fsp3) is 0.500. The van der Waals surface area contributed by atoms with Crippen LogP contribution in [0.1, 0.15) is 6.42 Å². The summed E-state index contributed by atoms with van der Waals surface area (Å²) in [6, 6.07) is 0. The van der Waals surface area contributed by atoms with Gasteiger partial charge in [-0.3, -0.25) is 4.79 Å². The lowest BCUT2D eigenvalue weighted by Crippen LogP contribution is -2.17. The number of rotatable bonds is 2. The highest BCUT2D eigenvalue weighted by atomic mass is 79.9. The summed E-state index contributed by atoms with van der Waals surface area (Å²) in [7, 11) is 0. The topological polar surface area (TPSA) is 29.1 Å². The molecule has 1 fully saturated rings. The van der Waals surface area contributed by atoms with Crippen LogP contribution in [0, 0.1) is 12.3 Å². The first-order valence-corrected chi connectivity index (χ1v) is 4.00. The van der Waals surface area contributed by atoms with E-state index in [9.17, 15) is 4.79 Å². The van der Waals surface area contributed by atoms with E-state index in [1.165, 1.54) is 0 Å². The van der Waals surface area contributed by atoms with Crippen LogP contribution in [0.2, 0.25) is 0 Å². The van der Waals surface area contributed by atoms with E-state index < -0.39 is 0 Å². The molecule has 0 aliphatic carbocycles. The standard InChI is InChI=1S/C6H8BrNO/c7-3-1-5-2-4-8-6(5)9/h2H,1,3-4H2,(H,8,9). The number of carbonyl (C=O) groups is 1. The Morgan fingerprint density at radius 1 is 1.78 bits per heavy atom. The van der Waals surface area contributed by atoms with Gasteiger partial charge in [-0.1, -0.05) is 15.9 Å². The van der Waals surface area contributed by atoms with Crippen LogP contribution >= 0.6 is 15.9 Å². The van der Waals surface area contributed by atoms with E-state index in [1.807, 2.05) is 6.42 Å². The molecule has 1 aliphatic heterocycles. The van der Waals surface area contributed by atoms with Crippen LogP contribution in [0.3, 0.4) is 0 Å². The molecule has 0 saturated carbocycles. The molecule has 0 unspecified atom stereocenters. The molecule has 1 saturated heterocycles. The summed E-state index contributed by atoms with van der Waals surface area (Å²) in [5.41, 5.74) is 0. The molecule has 3 heteroatoms. The van der Waals surface area contributed by atoms with Gasteiger partial charge in [-0.15, -0.1) is 0 Å². The third-order valence-corrected chi connectivity index (χ3v) is 1.66. The Labute approximate surface area is 63.1 Å². The SMILES string of the molecule is O=C1NC[CH][C]1CCBr. The minimum absolute atomic E-state index is 0.0921. The molecule has 2 radical (unpaired) electrons. The molecule has 1 aliphatic rings. The zero-order chi connectivity index (χ0) is 6.69. The summed E-state index contributed by atoms with van der Waals surface area (Å²) in [5.74, 6) is 1.00. The van der Waals surface area contributed by atoms with E-state index in [4.69, 9.17) is 0 Å². The first kappa shape index (κ1) is 7.06. The van der Waals surface area contributed by atoms with Crippen molar-refractivity contribution >= 4 is 21.8 Å². The summed E-state index contributed by atoms with van der Waals surface area (Å²) in [5, 5.41) is 3.57. The van der Waals surface area contributed by atoms with Crippen LogP contribution in [0.15, 0.2) is 0 Å². The Hall–Kier alpha value is -0.0500. The van der Waals surface area contributed by atoms with Crippen molar-refractivity contribution in [3.8, 4) is 0 Å². The third-order valence-electron chi connectivity index (χ3n) is 1.27. The van der Waals surface area contributed by atoms with Gasteiger partial charge in [0.25, 0.3) is 0 Å². The van der Waals surface area contributed by atoms with Gasteiger partial charge in [0, 0.05) is 11.9 Å². The number of nitrogens with one attached hydrogen (secondary N) is 1. The fourth-order valence-corrected chi connectivity index (χ4v) is 1.22. The van der Waals surface area contributed by atoms with Crippen molar-refractivity contribution in [2.24, 2.45) is 0 Å². The van der Waals surface area contributed by atoms with Crippen LogP contribution in [0.5, 0.6) is 0 Å². The Morgan fingerprint density at radius 3 is 3.00 bits per heavy atom. The average molecular weight is 190 g/mol. The molecule has 9 heavy (non-hydrogen) atoms. The number of hydrogen-bond donors (Lipinski definition) is 1. The second kappa shape index (κ2) is 3.20. The second-order valence-electron chi connectivity index (χ2n) is 1.88. The van der Waals surface area contributed by atoms with E-state index in [0.29, 0.717) is 6.54 Å². The molecule has 0 atom stereocenters. The normalized spacial score (nSPS) is 20.3. The molecule has 0 aromatic heterocycles. The van der Waals surface area contributed by atoms with Crippen molar-refractivity contribution in [1.29, 1.82) is 0 Å². The number of halogens is 1. The summed E-state index contributed by atoms with van der Waals surface area (Å²) in [4.78, 5) is 10.8. The van der Waals surface area contributed by atoms with Crippen LogP contribution in [0.25, 0.3) is 0 Å². The number of amides is 1. The molecule has 0 bridgehead atoms. The largest absolute Gasteiger partial charge is 0.355 e.